The van der Waals surface area contributed by atoms with Gasteiger partial charge in [-0.15, -0.1) is 23.6 Å². The molecule has 2 bridgehead atoms. The van der Waals surface area contributed by atoms with Gasteiger partial charge in [-0.05, 0) is 31.0 Å². The number of likely N-dealkylation sites (tertiary alicyclic amines) is 1. The number of hydrogen-bond acceptors (Lipinski definition) is 4. The maximum atomic E-state index is 10.6. The minimum Gasteiger partial charge on any atom is -0.493 e. The van der Waals surface area contributed by atoms with Crippen LogP contribution in [0.15, 0.2) is 36.9 Å². The number of nitrogens with zero attached hydrogens (tertiary/aromatic N) is 1. The summed E-state index contributed by atoms with van der Waals surface area (Å²) >= 11 is 0. The first-order valence-electron chi connectivity index (χ1n) is 8.79. The van der Waals surface area contributed by atoms with Crippen LogP contribution < -0.4 is 9.47 Å². The maximum Gasteiger partial charge on any atom is 0.165 e. The Kier molecular flexibility index (Phi) is 4.02. The van der Waals surface area contributed by atoms with Crippen LogP contribution in [0.4, 0.5) is 0 Å². The van der Waals surface area contributed by atoms with Crippen molar-refractivity contribution in [3.8, 4) is 11.5 Å². The van der Waals surface area contributed by atoms with Crippen LogP contribution >= 0.6 is 17.0 Å². The zero-order chi connectivity index (χ0) is 16.5. The summed E-state index contributed by atoms with van der Waals surface area (Å²) in [5.41, 5.74) is 2.54. The number of rotatable bonds is 3. The van der Waals surface area contributed by atoms with E-state index in [9.17, 15) is 5.11 Å². The van der Waals surface area contributed by atoms with Gasteiger partial charge in [0.1, 0.15) is 12.2 Å². The highest BCUT2D eigenvalue weighted by Crippen LogP contribution is 2.62. The molecule has 2 aliphatic carbocycles. The molecule has 5 rings (SSSR count). The van der Waals surface area contributed by atoms with Gasteiger partial charge in [0.2, 0.25) is 0 Å². The molecule has 1 aromatic rings. The quantitative estimate of drug-likeness (QED) is 0.784. The van der Waals surface area contributed by atoms with Crippen LogP contribution in [0.5, 0.6) is 11.5 Å². The Morgan fingerprint density at radius 1 is 1.44 bits per heavy atom. The number of ether oxygens (including phenoxy) is 2. The summed E-state index contributed by atoms with van der Waals surface area (Å²) in [7, 11) is 1.69. The molecule has 0 amide bonds. The van der Waals surface area contributed by atoms with Crippen LogP contribution in [0.3, 0.4) is 0 Å². The molecule has 0 unspecified atom stereocenters. The Hall–Kier alpha value is -1.30. The number of benzene rings is 1. The molecule has 4 nitrogen and oxygen atoms in total. The highest BCUT2D eigenvalue weighted by molar-refractivity contribution is 8.93. The lowest BCUT2D eigenvalue weighted by molar-refractivity contribution is -0.0488. The van der Waals surface area contributed by atoms with E-state index in [0.29, 0.717) is 12.0 Å². The second kappa shape index (κ2) is 5.86. The first-order valence-corrected chi connectivity index (χ1v) is 8.79. The monoisotopic (exact) mass is 405 g/mol. The summed E-state index contributed by atoms with van der Waals surface area (Å²) in [6.45, 7) is 5.86. The number of aliphatic hydroxyl groups excluding tert-OH is 1. The van der Waals surface area contributed by atoms with E-state index in [0.717, 1.165) is 37.4 Å². The molecule has 0 aromatic heterocycles. The van der Waals surface area contributed by atoms with Crippen LogP contribution in [0.25, 0.3) is 0 Å². The van der Waals surface area contributed by atoms with Crippen molar-refractivity contribution >= 4 is 17.0 Å². The van der Waals surface area contributed by atoms with Crippen molar-refractivity contribution in [1.82, 2.24) is 4.90 Å². The third kappa shape index (κ3) is 2.00. The van der Waals surface area contributed by atoms with Gasteiger partial charge in [-0.1, -0.05) is 24.3 Å². The fraction of sp³-hybridized carbons (Fsp3) is 0.500. The largest absolute Gasteiger partial charge is 0.493 e. The topological polar surface area (TPSA) is 41.9 Å². The van der Waals surface area contributed by atoms with E-state index in [-0.39, 0.29) is 28.5 Å². The van der Waals surface area contributed by atoms with E-state index in [4.69, 9.17) is 9.47 Å². The summed E-state index contributed by atoms with van der Waals surface area (Å²) in [5.74, 6) is 2.03. The van der Waals surface area contributed by atoms with E-state index >= 15 is 0 Å². The van der Waals surface area contributed by atoms with Crippen molar-refractivity contribution in [3.05, 3.63) is 48.1 Å². The first-order chi connectivity index (χ1) is 11.7. The average Bonchev–Trinajstić information content (AvgIpc) is 2.94. The van der Waals surface area contributed by atoms with Crippen molar-refractivity contribution in [1.29, 1.82) is 0 Å². The molecule has 1 fully saturated rings. The minimum atomic E-state index is -0.559. The molecule has 1 aromatic carbocycles. The maximum absolute atomic E-state index is 10.6. The zero-order valence-electron chi connectivity index (χ0n) is 14.4. The lowest BCUT2D eigenvalue weighted by Gasteiger charge is -2.57. The molecule has 5 heteroatoms. The molecule has 5 atom stereocenters. The minimum absolute atomic E-state index is 0. The third-order valence-electron chi connectivity index (χ3n) is 6.56. The Morgan fingerprint density at radius 3 is 3.04 bits per heavy atom. The van der Waals surface area contributed by atoms with Crippen molar-refractivity contribution in [3.63, 3.8) is 0 Å². The van der Waals surface area contributed by atoms with E-state index in [2.05, 4.69) is 23.6 Å². The van der Waals surface area contributed by atoms with Crippen molar-refractivity contribution < 1.29 is 14.6 Å². The molecule has 0 radical (unpaired) electrons. The Bertz CT molecular complexity index is 749. The summed E-state index contributed by atoms with van der Waals surface area (Å²) in [6.07, 6.45) is 7.42. The fourth-order valence-corrected chi connectivity index (χ4v) is 5.67. The van der Waals surface area contributed by atoms with Crippen molar-refractivity contribution in [2.24, 2.45) is 5.92 Å². The highest BCUT2D eigenvalue weighted by Gasteiger charge is 2.64. The Labute approximate surface area is 158 Å². The molecule has 2 heterocycles. The van der Waals surface area contributed by atoms with Gasteiger partial charge in [0.05, 0.1) is 7.11 Å². The van der Waals surface area contributed by atoms with E-state index in [1.807, 2.05) is 18.2 Å². The molecular formula is C20H24BrNO3. The van der Waals surface area contributed by atoms with Crippen LogP contribution in [0.1, 0.15) is 17.5 Å². The Morgan fingerprint density at radius 2 is 2.28 bits per heavy atom. The average molecular weight is 406 g/mol. The van der Waals surface area contributed by atoms with E-state index < -0.39 is 6.10 Å². The molecule has 25 heavy (non-hydrogen) atoms. The van der Waals surface area contributed by atoms with Gasteiger partial charge in [-0.2, -0.15) is 0 Å². The molecular weight excluding hydrogens is 382 g/mol. The number of methoxy groups -OCH3 is 1. The standard InChI is InChI=1S/C20H23NO3.BrH/c1-3-9-21-10-8-20-13-5-6-15(22)19(20)24-18-16(23-2)7-4-12(17(18)20)11-14(13)21;/h3-7,13-15,19,22H,1,8-11H2,2H3;1H/t13-,14+,15-,19-,20-;/m0./s1. The molecule has 1 spiro atoms. The lowest BCUT2D eigenvalue weighted by Crippen LogP contribution is -2.65. The number of piperidine rings is 1. The first kappa shape index (κ1) is 17.1. The van der Waals surface area contributed by atoms with Crippen LogP contribution in [0, 0.1) is 5.92 Å². The second-order valence-corrected chi connectivity index (χ2v) is 7.42. The Balaban J connectivity index is 0.00000157. The van der Waals surface area contributed by atoms with Gasteiger partial charge < -0.3 is 14.6 Å². The zero-order valence-corrected chi connectivity index (χ0v) is 16.1. The van der Waals surface area contributed by atoms with Gasteiger partial charge >= 0.3 is 0 Å². The molecule has 1 saturated heterocycles. The van der Waals surface area contributed by atoms with Gasteiger partial charge in [0, 0.05) is 29.5 Å². The van der Waals surface area contributed by atoms with Gasteiger partial charge in [0.25, 0.3) is 0 Å². The molecule has 4 aliphatic rings. The smallest absolute Gasteiger partial charge is 0.165 e. The van der Waals surface area contributed by atoms with Gasteiger partial charge in [0.15, 0.2) is 11.5 Å². The lowest BCUT2D eigenvalue weighted by atomic mass is 9.53. The summed E-state index contributed by atoms with van der Waals surface area (Å²) in [4.78, 5) is 2.53. The predicted molar refractivity (Wildman–Crippen MR) is 102 cm³/mol. The SMILES string of the molecule is Br.C=CCN1CC[C@]23c4c5ccc(OC)c4O[C@H]2[C@@H](O)C=C[C@H]3[C@H]1C5. The van der Waals surface area contributed by atoms with Crippen molar-refractivity contribution in [2.45, 2.75) is 36.5 Å². The van der Waals surface area contributed by atoms with Crippen LogP contribution in [0.2, 0.25) is 0 Å². The number of aliphatic hydroxyl groups is 1. The van der Waals surface area contributed by atoms with Crippen LogP contribution in [-0.2, 0) is 11.8 Å². The number of halogens is 1. The molecule has 134 valence electrons. The molecule has 2 aliphatic heterocycles. The predicted octanol–water partition coefficient (Wildman–Crippen LogP) is 2.64. The highest BCUT2D eigenvalue weighted by atomic mass is 79.9. The second-order valence-electron chi connectivity index (χ2n) is 7.42. The van der Waals surface area contributed by atoms with Gasteiger partial charge in [-0.3, -0.25) is 4.90 Å². The fourth-order valence-electron chi connectivity index (χ4n) is 5.67. The normalized spacial score (nSPS) is 36.9. The summed E-state index contributed by atoms with van der Waals surface area (Å²) in [6, 6.07) is 4.64. The third-order valence-corrected chi connectivity index (χ3v) is 6.56. The van der Waals surface area contributed by atoms with E-state index in [1.54, 1.807) is 7.11 Å². The molecule has 0 saturated carbocycles. The summed E-state index contributed by atoms with van der Waals surface area (Å²) in [5, 5.41) is 10.6. The molecule has 1 N–H and O–H groups in total. The van der Waals surface area contributed by atoms with Crippen LogP contribution in [-0.4, -0.2) is 48.5 Å². The van der Waals surface area contributed by atoms with E-state index in [1.165, 1.54) is 11.1 Å². The number of hydrogen-bond donors (Lipinski definition) is 1. The summed E-state index contributed by atoms with van der Waals surface area (Å²) < 4.78 is 11.9. The van der Waals surface area contributed by atoms with Gasteiger partial charge in [-0.25, -0.2) is 0 Å². The van der Waals surface area contributed by atoms with Crippen molar-refractivity contribution in [2.75, 3.05) is 20.2 Å².